The first-order valence-corrected chi connectivity index (χ1v) is 8.10. The van der Waals surface area contributed by atoms with Gasteiger partial charge in [-0.15, -0.1) is 0 Å². The zero-order chi connectivity index (χ0) is 18.1. The van der Waals surface area contributed by atoms with E-state index in [4.69, 9.17) is 9.47 Å². The lowest BCUT2D eigenvalue weighted by atomic mass is 10.1. The molecule has 0 aromatic heterocycles. The number of anilines is 1. The van der Waals surface area contributed by atoms with Crippen molar-refractivity contribution >= 4 is 17.5 Å². The molecule has 6 heteroatoms. The number of urea groups is 1. The van der Waals surface area contributed by atoms with Crippen LogP contribution in [0.1, 0.15) is 24.2 Å². The lowest BCUT2D eigenvalue weighted by Crippen LogP contribution is -2.32. The molecule has 0 unspecified atom stereocenters. The van der Waals surface area contributed by atoms with Crippen LogP contribution >= 0.6 is 0 Å². The maximum absolute atomic E-state index is 11.8. The van der Waals surface area contributed by atoms with Gasteiger partial charge in [-0.1, -0.05) is 12.1 Å². The number of amides is 2. The van der Waals surface area contributed by atoms with Gasteiger partial charge < -0.3 is 20.1 Å². The van der Waals surface area contributed by atoms with Crippen molar-refractivity contribution in [1.29, 1.82) is 0 Å². The molecule has 0 bridgehead atoms. The fourth-order valence-electron chi connectivity index (χ4n) is 2.12. The number of ether oxygens (including phenoxy) is 2. The van der Waals surface area contributed by atoms with Crippen LogP contribution in [0.5, 0.6) is 11.5 Å². The van der Waals surface area contributed by atoms with E-state index < -0.39 is 0 Å². The summed E-state index contributed by atoms with van der Waals surface area (Å²) in [6.07, 6.45) is 0. The molecular formula is C19H22N2O4. The van der Waals surface area contributed by atoms with Gasteiger partial charge >= 0.3 is 6.03 Å². The second-order valence-corrected chi connectivity index (χ2v) is 5.27. The van der Waals surface area contributed by atoms with Gasteiger partial charge in [-0.05, 0) is 50.2 Å². The Labute approximate surface area is 147 Å². The van der Waals surface area contributed by atoms with Gasteiger partial charge in [-0.2, -0.15) is 0 Å². The number of carbonyl (C=O) groups excluding carboxylic acids is 2. The van der Waals surface area contributed by atoms with E-state index in [0.717, 1.165) is 5.75 Å². The molecule has 2 amide bonds. The van der Waals surface area contributed by atoms with E-state index in [2.05, 4.69) is 10.6 Å². The molecule has 0 radical (unpaired) electrons. The Morgan fingerprint density at radius 3 is 2.32 bits per heavy atom. The number of hydrogen-bond acceptors (Lipinski definition) is 4. The molecule has 2 rings (SSSR count). The van der Waals surface area contributed by atoms with Gasteiger partial charge in [-0.3, -0.25) is 4.79 Å². The Balaban J connectivity index is 1.71. The fourth-order valence-corrected chi connectivity index (χ4v) is 2.12. The van der Waals surface area contributed by atoms with E-state index in [1.165, 1.54) is 6.92 Å². The molecule has 0 aliphatic heterocycles. The van der Waals surface area contributed by atoms with Gasteiger partial charge in [0.2, 0.25) is 0 Å². The minimum absolute atomic E-state index is 0.0483. The summed E-state index contributed by atoms with van der Waals surface area (Å²) >= 11 is 0. The zero-order valence-corrected chi connectivity index (χ0v) is 14.4. The highest BCUT2D eigenvalue weighted by Gasteiger charge is 2.04. The molecule has 0 heterocycles. The van der Waals surface area contributed by atoms with Crippen molar-refractivity contribution in [1.82, 2.24) is 5.32 Å². The van der Waals surface area contributed by atoms with E-state index in [9.17, 15) is 9.59 Å². The second-order valence-electron chi connectivity index (χ2n) is 5.27. The van der Waals surface area contributed by atoms with Crippen molar-refractivity contribution in [2.45, 2.75) is 13.8 Å². The quantitative estimate of drug-likeness (QED) is 0.569. The molecule has 0 aliphatic rings. The average Bonchev–Trinajstić information content (AvgIpc) is 2.60. The van der Waals surface area contributed by atoms with Gasteiger partial charge in [-0.25, -0.2) is 4.79 Å². The SMILES string of the molecule is CCOc1ccc(OCCNC(=O)Nc2cccc(C(C)=O)c2)cc1. The fraction of sp³-hybridized carbons (Fsp3) is 0.263. The maximum Gasteiger partial charge on any atom is 0.319 e. The predicted octanol–water partition coefficient (Wildman–Crippen LogP) is 3.49. The van der Waals surface area contributed by atoms with Crippen molar-refractivity contribution in [3.05, 3.63) is 54.1 Å². The average molecular weight is 342 g/mol. The van der Waals surface area contributed by atoms with Gasteiger partial charge in [0.1, 0.15) is 18.1 Å². The third kappa shape index (κ3) is 6.18. The zero-order valence-electron chi connectivity index (χ0n) is 14.4. The monoisotopic (exact) mass is 342 g/mol. The minimum Gasteiger partial charge on any atom is -0.494 e. The minimum atomic E-state index is -0.351. The first kappa shape index (κ1) is 18.3. The predicted molar refractivity (Wildman–Crippen MR) is 96.6 cm³/mol. The van der Waals surface area contributed by atoms with Crippen molar-refractivity contribution < 1.29 is 19.1 Å². The van der Waals surface area contributed by atoms with Crippen molar-refractivity contribution in [2.24, 2.45) is 0 Å². The smallest absolute Gasteiger partial charge is 0.319 e. The van der Waals surface area contributed by atoms with Crippen LogP contribution in [0.2, 0.25) is 0 Å². The molecule has 0 aliphatic carbocycles. The van der Waals surface area contributed by atoms with Crippen LogP contribution in [0.15, 0.2) is 48.5 Å². The summed E-state index contributed by atoms with van der Waals surface area (Å²) in [4.78, 5) is 23.2. The van der Waals surface area contributed by atoms with Crippen LogP contribution in [0.3, 0.4) is 0 Å². The number of nitrogens with one attached hydrogen (secondary N) is 2. The second kappa shape index (κ2) is 9.32. The summed E-state index contributed by atoms with van der Waals surface area (Å²) in [6, 6.07) is 13.7. The summed E-state index contributed by atoms with van der Waals surface area (Å²) in [5.74, 6) is 1.45. The normalized spacial score (nSPS) is 10.0. The molecule has 2 aromatic rings. The molecule has 0 saturated carbocycles. The van der Waals surface area contributed by atoms with Crippen LogP contribution in [0.4, 0.5) is 10.5 Å². The molecule has 2 N–H and O–H groups in total. The number of rotatable bonds is 8. The lowest BCUT2D eigenvalue weighted by molar-refractivity contribution is 0.101. The third-order valence-electron chi connectivity index (χ3n) is 3.32. The van der Waals surface area contributed by atoms with E-state index in [1.807, 2.05) is 31.2 Å². The highest BCUT2D eigenvalue weighted by Crippen LogP contribution is 2.17. The Hall–Kier alpha value is -3.02. The highest BCUT2D eigenvalue weighted by atomic mass is 16.5. The van der Waals surface area contributed by atoms with Crippen LogP contribution in [0.25, 0.3) is 0 Å². The Morgan fingerprint density at radius 1 is 1.00 bits per heavy atom. The first-order chi connectivity index (χ1) is 12.1. The molecule has 0 spiro atoms. The lowest BCUT2D eigenvalue weighted by Gasteiger charge is -2.10. The molecule has 0 atom stereocenters. The van der Waals surface area contributed by atoms with Gasteiger partial charge in [0, 0.05) is 11.3 Å². The van der Waals surface area contributed by atoms with Crippen LogP contribution in [0, 0.1) is 0 Å². The molecule has 0 saturated heterocycles. The van der Waals surface area contributed by atoms with E-state index in [-0.39, 0.29) is 11.8 Å². The van der Waals surface area contributed by atoms with Gasteiger partial charge in [0.25, 0.3) is 0 Å². The maximum atomic E-state index is 11.8. The van der Waals surface area contributed by atoms with Gasteiger partial charge in [0.05, 0.1) is 13.2 Å². The van der Waals surface area contributed by atoms with Gasteiger partial charge in [0.15, 0.2) is 5.78 Å². The Kier molecular flexibility index (Phi) is 6.83. The van der Waals surface area contributed by atoms with Crippen LogP contribution in [-0.4, -0.2) is 31.6 Å². The molecule has 132 valence electrons. The summed E-state index contributed by atoms with van der Waals surface area (Å²) in [5, 5.41) is 5.38. The summed E-state index contributed by atoms with van der Waals surface area (Å²) in [7, 11) is 0. The molecule has 2 aromatic carbocycles. The number of benzene rings is 2. The van der Waals surface area contributed by atoms with Crippen molar-refractivity contribution in [3.8, 4) is 11.5 Å². The van der Waals surface area contributed by atoms with Crippen molar-refractivity contribution in [3.63, 3.8) is 0 Å². The van der Waals surface area contributed by atoms with Crippen molar-refractivity contribution in [2.75, 3.05) is 25.1 Å². The summed E-state index contributed by atoms with van der Waals surface area (Å²) in [6.45, 7) is 4.73. The van der Waals surface area contributed by atoms with Crippen LogP contribution < -0.4 is 20.1 Å². The number of ketones is 1. The highest BCUT2D eigenvalue weighted by molar-refractivity contribution is 5.96. The topological polar surface area (TPSA) is 76.7 Å². The Morgan fingerprint density at radius 2 is 1.68 bits per heavy atom. The molecule has 0 fully saturated rings. The Bertz CT molecular complexity index is 714. The van der Waals surface area contributed by atoms with E-state index in [0.29, 0.717) is 36.8 Å². The van der Waals surface area contributed by atoms with E-state index >= 15 is 0 Å². The largest absolute Gasteiger partial charge is 0.494 e. The number of hydrogen-bond donors (Lipinski definition) is 2. The molecule has 6 nitrogen and oxygen atoms in total. The molecule has 25 heavy (non-hydrogen) atoms. The molecular weight excluding hydrogens is 320 g/mol. The summed E-state index contributed by atoms with van der Waals surface area (Å²) < 4.78 is 10.9. The summed E-state index contributed by atoms with van der Waals surface area (Å²) in [5.41, 5.74) is 1.12. The third-order valence-corrected chi connectivity index (χ3v) is 3.32. The first-order valence-electron chi connectivity index (χ1n) is 8.10. The van der Waals surface area contributed by atoms with E-state index in [1.54, 1.807) is 24.3 Å². The van der Waals surface area contributed by atoms with Crippen LogP contribution in [-0.2, 0) is 0 Å². The number of Topliss-reactive ketones (excluding diaryl/α,β-unsaturated/α-hetero) is 1. The standard InChI is InChI=1S/C19H22N2O4/c1-3-24-17-7-9-18(10-8-17)25-12-11-20-19(23)21-16-6-4-5-15(13-16)14(2)22/h4-10,13H,3,11-12H2,1-2H3,(H2,20,21,23). The number of carbonyl (C=O) groups is 2.